The van der Waals surface area contributed by atoms with Crippen molar-refractivity contribution in [3.05, 3.63) is 48.6 Å². The summed E-state index contributed by atoms with van der Waals surface area (Å²) in [6, 6.07) is 0. The highest BCUT2D eigenvalue weighted by Crippen LogP contribution is 2.31. The predicted molar refractivity (Wildman–Crippen MR) is 105 cm³/mol. The zero-order chi connectivity index (χ0) is 17.9. The maximum atomic E-state index is 6.46. The quantitative estimate of drug-likeness (QED) is 0.347. The molecule has 0 radical (unpaired) electrons. The maximum Gasteiger partial charge on any atom is 0.0846 e. The van der Waals surface area contributed by atoms with Crippen LogP contribution in [0.15, 0.2) is 48.6 Å². The Labute approximate surface area is 145 Å². The van der Waals surface area contributed by atoms with E-state index >= 15 is 0 Å². The zero-order valence-corrected chi connectivity index (χ0v) is 16.4. The lowest BCUT2D eigenvalue weighted by molar-refractivity contribution is -0.0950. The normalized spacial score (nSPS) is 18.2. The number of rotatable bonds is 12. The van der Waals surface area contributed by atoms with Gasteiger partial charge in [-0.15, -0.1) is 13.2 Å². The molecular weight excluding hydrogens is 280 g/mol. The van der Waals surface area contributed by atoms with E-state index in [1.165, 1.54) is 11.1 Å². The molecule has 2 unspecified atom stereocenters. The summed E-state index contributed by atoms with van der Waals surface area (Å²) in [6.07, 6.45) is 14.6. The third kappa shape index (κ3) is 8.95. The minimum Gasteiger partial charge on any atom is -0.361 e. The van der Waals surface area contributed by atoms with E-state index in [9.17, 15) is 0 Å². The van der Waals surface area contributed by atoms with Crippen LogP contribution in [0.5, 0.6) is 0 Å². The highest BCUT2D eigenvalue weighted by molar-refractivity contribution is 5.06. The fraction of sp³-hybridized carbons (Fsp3) is 0.636. The van der Waals surface area contributed by atoms with Gasteiger partial charge in [-0.05, 0) is 66.2 Å². The summed E-state index contributed by atoms with van der Waals surface area (Å²) in [5.74, 6) is 0. The van der Waals surface area contributed by atoms with Gasteiger partial charge in [0.25, 0.3) is 0 Å². The number of allylic oxidation sites excluding steroid dienone is 4. The van der Waals surface area contributed by atoms with E-state index in [1.807, 2.05) is 12.2 Å². The predicted octanol–water partition coefficient (Wildman–Crippen LogP) is 7.17. The first-order chi connectivity index (χ1) is 10.7. The molecule has 132 valence electrons. The van der Waals surface area contributed by atoms with Crippen LogP contribution in [-0.4, -0.2) is 11.2 Å². The Morgan fingerprint density at radius 2 is 1.17 bits per heavy atom. The molecule has 0 amide bonds. The highest BCUT2D eigenvalue weighted by atomic mass is 16.5. The minimum absolute atomic E-state index is 0.322. The Morgan fingerprint density at radius 3 is 1.43 bits per heavy atom. The smallest absolute Gasteiger partial charge is 0.0846 e. The molecule has 23 heavy (non-hydrogen) atoms. The second kappa shape index (κ2) is 10.6. The lowest BCUT2D eigenvalue weighted by atomic mass is 9.93. The van der Waals surface area contributed by atoms with Gasteiger partial charge >= 0.3 is 0 Å². The summed E-state index contributed by atoms with van der Waals surface area (Å²) >= 11 is 0. The number of hydrogen-bond acceptors (Lipinski definition) is 1. The Morgan fingerprint density at radius 1 is 0.826 bits per heavy atom. The van der Waals surface area contributed by atoms with Gasteiger partial charge in [0.1, 0.15) is 0 Å². The SMILES string of the molecule is C=CC(C)(CC/C=C(/C)CC)OC(C)(C=C)CC/C=C(/C)CC. The van der Waals surface area contributed by atoms with Gasteiger partial charge in [0.05, 0.1) is 11.2 Å². The van der Waals surface area contributed by atoms with Gasteiger partial charge in [0.15, 0.2) is 0 Å². The molecule has 0 aromatic rings. The number of hydrogen-bond donors (Lipinski definition) is 0. The minimum atomic E-state index is -0.322. The van der Waals surface area contributed by atoms with Crippen molar-refractivity contribution in [3.8, 4) is 0 Å². The van der Waals surface area contributed by atoms with Crippen molar-refractivity contribution in [1.29, 1.82) is 0 Å². The second-order valence-corrected chi connectivity index (χ2v) is 7.02. The van der Waals surface area contributed by atoms with Crippen LogP contribution in [0.25, 0.3) is 0 Å². The van der Waals surface area contributed by atoms with E-state index < -0.39 is 0 Å². The van der Waals surface area contributed by atoms with E-state index in [1.54, 1.807) is 0 Å². The molecule has 0 aliphatic carbocycles. The standard InChI is InChI=1S/C22H38O/c1-9-19(5)15-13-17-21(7,11-3)23-22(8,12-4)18-14-16-20(6)10-2/h11-12,15-16H,3-4,9-10,13-14,17-18H2,1-2,5-8H3/b19-15-,20-16-. The van der Waals surface area contributed by atoms with Crippen molar-refractivity contribution in [3.63, 3.8) is 0 Å². The van der Waals surface area contributed by atoms with E-state index in [0.29, 0.717) is 0 Å². The molecule has 0 fully saturated rings. The summed E-state index contributed by atoms with van der Waals surface area (Å²) in [6.45, 7) is 21.0. The van der Waals surface area contributed by atoms with Crippen LogP contribution in [-0.2, 0) is 4.74 Å². The van der Waals surface area contributed by atoms with Crippen LogP contribution in [0.3, 0.4) is 0 Å². The lowest BCUT2D eigenvalue weighted by Crippen LogP contribution is -2.38. The Kier molecular flexibility index (Phi) is 10.1. The first-order valence-electron chi connectivity index (χ1n) is 9.02. The Balaban J connectivity index is 4.81. The van der Waals surface area contributed by atoms with E-state index in [-0.39, 0.29) is 11.2 Å². The second-order valence-electron chi connectivity index (χ2n) is 7.02. The first-order valence-corrected chi connectivity index (χ1v) is 9.02. The van der Waals surface area contributed by atoms with Crippen molar-refractivity contribution in [2.75, 3.05) is 0 Å². The van der Waals surface area contributed by atoms with Crippen molar-refractivity contribution in [2.45, 2.75) is 91.3 Å². The van der Waals surface area contributed by atoms with Gasteiger partial charge in [-0.1, -0.05) is 49.3 Å². The summed E-state index contributed by atoms with van der Waals surface area (Å²) < 4.78 is 6.46. The molecule has 0 heterocycles. The molecule has 0 saturated heterocycles. The summed E-state index contributed by atoms with van der Waals surface area (Å²) in [7, 11) is 0. The molecule has 0 aromatic carbocycles. The van der Waals surface area contributed by atoms with Gasteiger partial charge in [0.2, 0.25) is 0 Å². The van der Waals surface area contributed by atoms with Gasteiger partial charge in [-0.2, -0.15) is 0 Å². The van der Waals surface area contributed by atoms with Crippen molar-refractivity contribution < 1.29 is 4.74 Å². The monoisotopic (exact) mass is 318 g/mol. The van der Waals surface area contributed by atoms with Gasteiger partial charge < -0.3 is 4.74 Å². The molecule has 0 aliphatic rings. The molecule has 0 aromatic heterocycles. The summed E-state index contributed by atoms with van der Waals surface area (Å²) in [5.41, 5.74) is 2.22. The van der Waals surface area contributed by atoms with E-state index in [2.05, 4.69) is 66.9 Å². The van der Waals surface area contributed by atoms with Crippen LogP contribution < -0.4 is 0 Å². The average Bonchev–Trinajstić information content (AvgIpc) is 2.54. The molecule has 0 aliphatic heterocycles. The zero-order valence-electron chi connectivity index (χ0n) is 16.4. The van der Waals surface area contributed by atoms with Crippen LogP contribution >= 0.6 is 0 Å². The average molecular weight is 319 g/mol. The maximum absolute atomic E-state index is 6.46. The lowest BCUT2D eigenvalue weighted by Gasteiger charge is -2.37. The summed E-state index contributed by atoms with van der Waals surface area (Å²) in [5, 5.41) is 0. The molecule has 0 spiro atoms. The third-order valence-electron chi connectivity index (χ3n) is 4.71. The van der Waals surface area contributed by atoms with Crippen LogP contribution in [0.1, 0.15) is 80.1 Å². The fourth-order valence-electron chi connectivity index (χ4n) is 2.42. The largest absolute Gasteiger partial charge is 0.361 e. The highest BCUT2D eigenvalue weighted by Gasteiger charge is 2.31. The molecule has 0 rings (SSSR count). The van der Waals surface area contributed by atoms with Crippen molar-refractivity contribution >= 4 is 0 Å². The van der Waals surface area contributed by atoms with Crippen LogP contribution in [0, 0.1) is 0 Å². The molecule has 0 bridgehead atoms. The topological polar surface area (TPSA) is 9.23 Å². The Bertz CT molecular complexity index is 389. The molecule has 2 atom stereocenters. The van der Waals surface area contributed by atoms with Crippen LogP contribution in [0.4, 0.5) is 0 Å². The third-order valence-corrected chi connectivity index (χ3v) is 4.71. The van der Waals surface area contributed by atoms with E-state index in [0.717, 1.165) is 38.5 Å². The first kappa shape index (κ1) is 21.9. The van der Waals surface area contributed by atoms with Crippen molar-refractivity contribution in [2.24, 2.45) is 0 Å². The van der Waals surface area contributed by atoms with Crippen molar-refractivity contribution in [1.82, 2.24) is 0 Å². The van der Waals surface area contributed by atoms with Gasteiger partial charge in [-0.3, -0.25) is 0 Å². The van der Waals surface area contributed by atoms with Gasteiger partial charge in [-0.25, -0.2) is 0 Å². The molecular formula is C22H38O. The molecule has 0 saturated carbocycles. The summed E-state index contributed by atoms with van der Waals surface area (Å²) in [4.78, 5) is 0. The molecule has 1 nitrogen and oxygen atoms in total. The van der Waals surface area contributed by atoms with Crippen LogP contribution in [0.2, 0.25) is 0 Å². The number of ether oxygens (including phenoxy) is 1. The van der Waals surface area contributed by atoms with E-state index in [4.69, 9.17) is 4.74 Å². The van der Waals surface area contributed by atoms with Gasteiger partial charge in [0, 0.05) is 0 Å². The molecule has 0 N–H and O–H groups in total. The molecule has 1 heteroatoms. The Hall–Kier alpha value is -1.08. The fourth-order valence-corrected chi connectivity index (χ4v) is 2.42.